The van der Waals surface area contributed by atoms with Gasteiger partial charge in [0, 0.05) is 19.7 Å². The summed E-state index contributed by atoms with van der Waals surface area (Å²) in [5.74, 6) is 0. The van der Waals surface area contributed by atoms with E-state index in [4.69, 9.17) is 9.47 Å². The fraction of sp³-hybridized carbons (Fsp3) is 1.00. The molecule has 2 atom stereocenters. The molecule has 2 aliphatic heterocycles. The molecule has 0 aromatic carbocycles. The summed E-state index contributed by atoms with van der Waals surface area (Å²) in [6.07, 6.45) is 2.58. The van der Waals surface area contributed by atoms with Crippen molar-refractivity contribution in [3.05, 3.63) is 0 Å². The first-order chi connectivity index (χ1) is 6.52. The maximum absolute atomic E-state index is 6.16. The van der Waals surface area contributed by atoms with Gasteiger partial charge in [-0.1, -0.05) is 0 Å². The third-order valence-electron chi connectivity index (χ3n) is 3.15. The molecule has 2 aliphatic rings. The molecule has 0 spiro atoms. The van der Waals surface area contributed by atoms with Crippen LogP contribution in [0.4, 0.5) is 0 Å². The smallest absolute Gasteiger partial charge is 0.105 e. The molecule has 0 aromatic heterocycles. The van der Waals surface area contributed by atoms with Crippen molar-refractivity contribution in [2.24, 2.45) is 0 Å². The Morgan fingerprint density at radius 2 is 2.00 bits per heavy atom. The molecular weight excluding hydrogens is 178 g/mol. The van der Waals surface area contributed by atoms with Crippen LogP contribution in [0.1, 0.15) is 33.6 Å². The number of ether oxygens (including phenoxy) is 2. The molecule has 0 aromatic rings. The van der Waals surface area contributed by atoms with Gasteiger partial charge in [0.2, 0.25) is 0 Å². The third kappa shape index (κ3) is 1.95. The zero-order valence-corrected chi connectivity index (χ0v) is 9.43. The summed E-state index contributed by atoms with van der Waals surface area (Å²) in [7, 11) is 0. The highest BCUT2D eigenvalue weighted by atomic mass is 16.6. The van der Waals surface area contributed by atoms with Crippen LogP contribution in [0.25, 0.3) is 0 Å². The Labute approximate surface area is 86.2 Å². The van der Waals surface area contributed by atoms with Crippen LogP contribution in [0.3, 0.4) is 0 Å². The number of hydrogen-bond acceptors (Lipinski definition) is 3. The summed E-state index contributed by atoms with van der Waals surface area (Å²) < 4.78 is 11.9. The van der Waals surface area contributed by atoms with E-state index in [1.54, 1.807) is 0 Å². The lowest BCUT2D eigenvalue weighted by molar-refractivity contribution is -0.198. The van der Waals surface area contributed by atoms with Gasteiger partial charge >= 0.3 is 0 Å². The maximum atomic E-state index is 6.16. The van der Waals surface area contributed by atoms with Gasteiger partial charge in [-0.15, -0.1) is 0 Å². The molecule has 14 heavy (non-hydrogen) atoms. The first-order valence-electron chi connectivity index (χ1n) is 5.54. The summed E-state index contributed by atoms with van der Waals surface area (Å²) >= 11 is 0. The van der Waals surface area contributed by atoms with Crippen molar-refractivity contribution in [2.75, 3.05) is 19.7 Å². The second kappa shape index (κ2) is 3.47. The minimum absolute atomic E-state index is 0.0705. The van der Waals surface area contributed by atoms with Gasteiger partial charge in [0.05, 0.1) is 11.7 Å². The lowest BCUT2D eigenvalue weighted by Crippen LogP contribution is -2.61. The topological polar surface area (TPSA) is 30.5 Å². The minimum atomic E-state index is -0.141. The molecule has 82 valence electrons. The van der Waals surface area contributed by atoms with Gasteiger partial charge in [0.1, 0.15) is 5.60 Å². The largest absolute Gasteiger partial charge is 0.375 e. The second-order valence-corrected chi connectivity index (χ2v) is 5.28. The quantitative estimate of drug-likeness (QED) is 0.691. The molecule has 0 aliphatic carbocycles. The summed E-state index contributed by atoms with van der Waals surface area (Å²) in [5.41, 5.74) is -0.211. The van der Waals surface area contributed by atoms with Crippen LogP contribution < -0.4 is 5.32 Å². The van der Waals surface area contributed by atoms with Crippen LogP contribution in [0.15, 0.2) is 0 Å². The van der Waals surface area contributed by atoms with E-state index in [0.717, 1.165) is 26.1 Å². The van der Waals surface area contributed by atoms with Crippen LogP contribution in [-0.2, 0) is 9.47 Å². The highest BCUT2D eigenvalue weighted by molar-refractivity contribution is 4.96. The highest BCUT2D eigenvalue weighted by Crippen LogP contribution is 2.32. The van der Waals surface area contributed by atoms with Crippen LogP contribution in [0.2, 0.25) is 0 Å². The van der Waals surface area contributed by atoms with Crippen LogP contribution in [-0.4, -0.2) is 37.0 Å². The molecule has 2 saturated heterocycles. The molecule has 2 unspecified atom stereocenters. The molecule has 0 saturated carbocycles. The lowest BCUT2D eigenvalue weighted by atomic mass is 9.92. The molecule has 0 amide bonds. The molecule has 0 radical (unpaired) electrons. The predicted molar refractivity (Wildman–Crippen MR) is 55.4 cm³/mol. The molecule has 3 heteroatoms. The zero-order valence-electron chi connectivity index (χ0n) is 9.43. The monoisotopic (exact) mass is 199 g/mol. The lowest BCUT2D eigenvalue weighted by Gasteiger charge is -2.46. The molecular formula is C11H21NO2. The van der Waals surface area contributed by atoms with E-state index in [-0.39, 0.29) is 17.3 Å². The van der Waals surface area contributed by atoms with E-state index in [2.05, 4.69) is 26.1 Å². The van der Waals surface area contributed by atoms with E-state index in [1.165, 1.54) is 6.42 Å². The molecule has 3 nitrogen and oxygen atoms in total. The summed E-state index contributed by atoms with van der Waals surface area (Å²) in [6, 6.07) is 0. The Kier molecular flexibility index (Phi) is 2.58. The summed E-state index contributed by atoms with van der Waals surface area (Å²) in [5, 5.41) is 3.44. The second-order valence-electron chi connectivity index (χ2n) is 5.28. The van der Waals surface area contributed by atoms with Crippen LogP contribution in [0, 0.1) is 0 Å². The zero-order chi connectivity index (χ0) is 10.2. The van der Waals surface area contributed by atoms with Crippen LogP contribution >= 0.6 is 0 Å². The third-order valence-corrected chi connectivity index (χ3v) is 3.15. The van der Waals surface area contributed by atoms with E-state index in [1.807, 2.05) is 0 Å². The normalized spacial score (nSPS) is 42.6. The number of morpholine rings is 1. The molecule has 0 bridgehead atoms. The van der Waals surface area contributed by atoms with Crippen molar-refractivity contribution in [3.8, 4) is 0 Å². The van der Waals surface area contributed by atoms with Crippen LogP contribution in [0.5, 0.6) is 0 Å². The Bertz CT molecular complexity index is 211. The number of nitrogens with one attached hydrogen (secondary N) is 1. The van der Waals surface area contributed by atoms with E-state index in [0.29, 0.717) is 0 Å². The van der Waals surface area contributed by atoms with Gasteiger partial charge in [-0.2, -0.15) is 0 Å². The SMILES string of the molecule is CC1(C)CNCC(C)(C2CCCO2)O1. The first-order valence-corrected chi connectivity index (χ1v) is 5.54. The van der Waals surface area contributed by atoms with E-state index < -0.39 is 0 Å². The van der Waals surface area contributed by atoms with Crippen molar-refractivity contribution in [1.29, 1.82) is 0 Å². The first kappa shape index (κ1) is 10.4. The van der Waals surface area contributed by atoms with Crippen molar-refractivity contribution >= 4 is 0 Å². The van der Waals surface area contributed by atoms with Crippen molar-refractivity contribution < 1.29 is 9.47 Å². The van der Waals surface area contributed by atoms with Gasteiger partial charge in [0.15, 0.2) is 0 Å². The Hall–Kier alpha value is -0.120. The van der Waals surface area contributed by atoms with Gasteiger partial charge < -0.3 is 14.8 Å². The Balaban J connectivity index is 2.06. The van der Waals surface area contributed by atoms with Gasteiger partial charge in [0.25, 0.3) is 0 Å². The standard InChI is InChI=1S/C11H21NO2/c1-10(2)7-12-8-11(3,14-10)9-5-4-6-13-9/h9,12H,4-8H2,1-3H3. The predicted octanol–water partition coefficient (Wildman–Crippen LogP) is 1.32. The van der Waals surface area contributed by atoms with Crippen molar-refractivity contribution in [3.63, 3.8) is 0 Å². The average molecular weight is 199 g/mol. The maximum Gasteiger partial charge on any atom is 0.105 e. The van der Waals surface area contributed by atoms with Gasteiger partial charge in [-0.3, -0.25) is 0 Å². The minimum Gasteiger partial charge on any atom is -0.375 e. The molecule has 2 fully saturated rings. The summed E-state index contributed by atoms with van der Waals surface area (Å²) in [6.45, 7) is 9.15. The number of rotatable bonds is 1. The average Bonchev–Trinajstić information content (AvgIpc) is 2.52. The fourth-order valence-electron chi connectivity index (χ4n) is 2.55. The highest BCUT2D eigenvalue weighted by Gasteiger charge is 2.44. The fourth-order valence-corrected chi connectivity index (χ4v) is 2.55. The van der Waals surface area contributed by atoms with Crippen molar-refractivity contribution in [2.45, 2.75) is 50.9 Å². The van der Waals surface area contributed by atoms with E-state index >= 15 is 0 Å². The van der Waals surface area contributed by atoms with Gasteiger partial charge in [-0.25, -0.2) is 0 Å². The molecule has 2 heterocycles. The Morgan fingerprint density at radius 1 is 1.21 bits per heavy atom. The van der Waals surface area contributed by atoms with E-state index in [9.17, 15) is 0 Å². The number of hydrogen-bond donors (Lipinski definition) is 1. The Morgan fingerprint density at radius 3 is 2.57 bits per heavy atom. The molecule has 1 N–H and O–H groups in total. The summed E-state index contributed by atoms with van der Waals surface area (Å²) in [4.78, 5) is 0. The van der Waals surface area contributed by atoms with Gasteiger partial charge in [-0.05, 0) is 33.6 Å². The van der Waals surface area contributed by atoms with Crippen molar-refractivity contribution in [1.82, 2.24) is 5.32 Å². The molecule has 2 rings (SSSR count).